The fourth-order valence-electron chi connectivity index (χ4n) is 2.54. The number of sulfone groups is 1. The zero-order valence-corrected chi connectivity index (χ0v) is 12.8. The molecule has 0 amide bonds. The predicted molar refractivity (Wildman–Crippen MR) is 74.2 cm³/mol. The standard InChI is InChI=1S/C13H18O5S2/c1-18-12-9-10(19(14)15)7-8-13(12)20(16,17)11-5-3-2-4-6-11/h7-9,11H,2-6H2,1H3,(H,14,15)/p-1. The molecule has 1 saturated carbocycles. The summed E-state index contributed by atoms with van der Waals surface area (Å²) in [5.41, 5.74) is 0. The van der Waals surface area contributed by atoms with E-state index in [1.807, 2.05) is 0 Å². The van der Waals surface area contributed by atoms with E-state index >= 15 is 0 Å². The molecule has 0 N–H and O–H groups in total. The van der Waals surface area contributed by atoms with Crippen molar-refractivity contribution in [3.05, 3.63) is 18.2 Å². The van der Waals surface area contributed by atoms with Crippen molar-refractivity contribution in [1.82, 2.24) is 0 Å². The maximum atomic E-state index is 12.6. The van der Waals surface area contributed by atoms with E-state index in [9.17, 15) is 17.2 Å². The molecule has 1 aliphatic rings. The van der Waals surface area contributed by atoms with Gasteiger partial charge in [0.1, 0.15) is 10.6 Å². The van der Waals surface area contributed by atoms with Crippen molar-refractivity contribution in [2.45, 2.75) is 47.1 Å². The lowest BCUT2D eigenvalue weighted by Gasteiger charge is -2.23. The van der Waals surface area contributed by atoms with E-state index in [0.29, 0.717) is 12.8 Å². The van der Waals surface area contributed by atoms with Gasteiger partial charge in [-0.2, -0.15) is 0 Å². The van der Waals surface area contributed by atoms with E-state index in [1.165, 1.54) is 25.3 Å². The van der Waals surface area contributed by atoms with Gasteiger partial charge in [0, 0.05) is 4.90 Å². The van der Waals surface area contributed by atoms with E-state index in [-0.39, 0.29) is 15.5 Å². The van der Waals surface area contributed by atoms with Crippen LogP contribution in [0.15, 0.2) is 28.0 Å². The highest BCUT2D eigenvalue weighted by Gasteiger charge is 2.31. The summed E-state index contributed by atoms with van der Waals surface area (Å²) < 4.78 is 52.1. The van der Waals surface area contributed by atoms with Gasteiger partial charge in [0.05, 0.1) is 12.4 Å². The minimum atomic E-state index is -3.47. The van der Waals surface area contributed by atoms with E-state index in [0.717, 1.165) is 19.3 Å². The van der Waals surface area contributed by atoms with Gasteiger partial charge in [-0.25, -0.2) is 8.42 Å². The third-order valence-electron chi connectivity index (χ3n) is 3.63. The topological polar surface area (TPSA) is 83.5 Å². The van der Waals surface area contributed by atoms with E-state index in [4.69, 9.17) is 4.74 Å². The summed E-state index contributed by atoms with van der Waals surface area (Å²) in [7, 11) is -2.13. The highest BCUT2D eigenvalue weighted by Crippen LogP contribution is 2.34. The Morgan fingerprint density at radius 1 is 1.25 bits per heavy atom. The molecule has 0 bridgehead atoms. The average molecular weight is 317 g/mol. The second kappa shape index (κ2) is 6.24. The van der Waals surface area contributed by atoms with Crippen LogP contribution < -0.4 is 4.74 Å². The van der Waals surface area contributed by atoms with Gasteiger partial charge < -0.3 is 9.29 Å². The van der Waals surface area contributed by atoms with Crippen LogP contribution in [0.2, 0.25) is 0 Å². The Kier molecular flexibility index (Phi) is 4.82. The number of rotatable bonds is 4. The van der Waals surface area contributed by atoms with E-state index < -0.39 is 26.2 Å². The fourth-order valence-corrected chi connectivity index (χ4v) is 4.92. The number of benzene rings is 1. The number of hydrogen-bond acceptors (Lipinski definition) is 5. The molecule has 7 heteroatoms. The van der Waals surface area contributed by atoms with E-state index in [2.05, 4.69) is 0 Å². The molecular weight excluding hydrogens is 300 g/mol. The van der Waals surface area contributed by atoms with Crippen molar-refractivity contribution in [3.63, 3.8) is 0 Å². The molecule has 5 nitrogen and oxygen atoms in total. The van der Waals surface area contributed by atoms with Crippen LogP contribution in [0, 0.1) is 0 Å². The molecule has 0 radical (unpaired) electrons. The van der Waals surface area contributed by atoms with Crippen LogP contribution in [0.4, 0.5) is 0 Å². The number of methoxy groups -OCH3 is 1. The maximum Gasteiger partial charge on any atom is 0.184 e. The predicted octanol–water partition coefficient (Wildman–Crippen LogP) is 2.04. The lowest BCUT2D eigenvalue weighted by molar-refractivity contribution is 0.399. The molecule has 1 aromatic rings. The molecule has 0 heterocycles. The largest absolute Gasteiger partial charge is 0.768 e. The van der Waals surface area contributed by atoms with Gasteiger partial charge in [-0.1, -0.05) is 19.3 Å². The molecule has 0 saturated heterocycles. The van der Waals surface area contributed by atoms with E-state index in [1.54, 1.807) is 0 Å². The normalized spacial score (nSPS) is 18.7. The zero-order valence-electron chi connectivity index (χ0n) is 11.2. The maximum absolute atomic E-state index is 12.6. The van der Waals surface area contributed by atoms with Crippen molar-refractivity contribution in [2.24, 2.45) is 0 Å². The highest BCUT2D eigenvalue weighted by molar-refractivity contribution is 7.92. The average Bonchev–Trinajstić information content (AvgIpc) is 2.47. The molecule has 2 rings (SSSR count). The molecule has 1 aliphatic carbocycles. The Morgan fingerprint density at radius 2 is 1.90 bits per heavy atom. The third kappa shape index (κ3) is 3.05. The summed E-state index contributed by atoms with van der Waals surface area (Å²) in [5.74, 6) is 0.0947. The van der Waals surface area contributed by atoms with Crippen LogP contribution in [0.3, 0.4) is 0 Å². The molecule has 1 atom stereocenters. The van der Waals surface area contributed by atoms with Gasteiger partial charge in [0.2, 0.25) is 0 Å². The Labute approximate surface area is 121 Å². The molecule has 1 fully saturated rings. The summed E-state index contributed by atoms with van der Waals surface area (Å²) in [6.45, 7) is 0. The Bertz CT molecular complexity index is 603. The minimum Gasteiger partial charge on any atom is -0.768 e. The minimum absolute atomic E-state index is 0.0180. The fraction of sp³-hybridized carbons (Fsp3) is 0.538. The van der Waals surface area contributed by atoms with Crippen LogP contribution in [0.5, 0.6) is 5.75 Å². The monoisotopic (exact) mass is 317 g/mol. The Hall–Kier alpha value is -0.920. The van der Waals surface area contributed by atoms with Gasteiger partial charge in [0.15, 0.2) is 9.84 Å². The van der Waals surface area contributed by atoms with Gasteiger partial charge in [-0.15, -0.1) is 0 Å². The summed E-state index contributed by atoms with van der Waals surface area (Å²) in [6.07, 6.45) is 4.20. The first-order valence-electron chi connectivity index (χ1n) is 6.48. The van der Waals surface area contributed by atoms with Crippen molar-refractivity contribution in [3.8, 4) is 5.75 Å². The van der Waals surface area contributed by atoms with Crippen molar-refractivity contribution >= 4 is 20.9 Å². The van der Waals surface area contributed by atoms with Crippen LogP contribution >= 0.6 is 0 Å². The third-order valence-corrected chi connectivity index (χ3v) is 6.56. The molecule has 112 valence electrons. The first-order chi connectivity index (χ1) is 9.46. The molecule has 0 aliphatic heterocycles. The molecule has 0 spiro atoms. The van der Waals surface area contributed by atoms with Crippen LogP contribution in [-0.4, -0.2) is 29.5 Å². The van der Waals surface area contributed by atoms with Crippen LogP contribution in [-0.2, 0) is 20.9 Å². The summed E-state index contributed by atoms with van der Waals surface area (Å²) in [4.78, 5) is 0.102. The first-order valence-corrected chi connectivity index (χ1v) is 9.10. The highest BCUT2D eigenvalue weighted by atomic mass is 32.2. The lowest BCUT2D eigenvalue weighted by Crippen LogP contribution is -2.24. The van der Waals surface area contributed by atoms with Gasteiger partial charge >= 0.3 is 0 Å². The molecule has 0 aromatic heterocycles. The van der Waals surface area contributed by atoms with Crippen molar-refractivity contribution in [2.75, 3.05) is 7.11 Å². The summed E-state index contributed by atoms with van der Waals surface area (Å²) >= 11 is -2.41. The number of ether oxygens (including phenoxy) is 1. The van der Waals surface area contributed by atoms with Crippen molar-refractivity contribution < 1.29 is 21.9 Å². The summed E-state index contributed by atoms with van der Waals surface area (Å²) in [6, 6.07) is 3.87. The van der Waals surface area contributed by atoms with Crippen LogP contribution in [0.25, 0.3) is 0 Å². The Balaban J connectivity index is 2.42. The van der Waals surface area contributed by atoms with Gasteiger partial charge in [-0.3, -0.25) is 4.21 Å². The molecular formula is C13H17O5S2-. The van der Waals surface area contributed by atoms with Crippen molar-refractivity contribution in [1.29, 1.82) is 0 Å². The molecule has 20 heavy (non-hydrogen) atoms. The lowest BCUT2D eigenvalue weighted by atomic mass is 10.0. The zero-order chi connectivity index (χ0) is 14.8. The SMILES string of the molecule is COc1cc(S(=O)[O-])ccc1S(=O)(=O)C1CCCCC1. The summed E-state index contributed by atoms with van der Waals surface area (Å²) in [5, 5.41) is -0.395. The van der Waals surface area contributed by atoms with Gasteiger partial charge in [-0.05, 0) is 42.1 Å². The number of hydrogen-bond donors (Lipinski definition) is 0. The smallest absolute Gasteiger partial charge is 0.184 e. The second-order valence-electron chi connectivity index (χ2n) is 4.85. The first kappa shape index (κ1) is 15.5. The quantitative estimate of drug-likeness (QED) is 0.794. The van der Waals surface area contributed by atoms with Crippen LogP contribution in [0.1, 0.15) is 32.1 Å². The molecule has 1 unspecified atom stereocenters. The Morgan fingerprint density at radius 3 is 2.45 bits per heavy atom. The van der Waals surface area contributed by atoms with Gasteiger partial charge in [0.25, 0.3) is 0 Å². The second-order valence-corrected chi connectivity index (χ2v) is 7.99. The molecule has 1 aromatic carbocycles.